The number of ether oxygens (including phenoxy) is 2. The van der Waals surface area contributed by atoms with Gasteiger partial charge < -0.3 is 14.6 Å². The Labute approximate surface area is 285 Å². The van der Waals surface area contributed by atoms with Crippen molar-refractivity contribution in [3.8, 4) is 0 Å². The van der Waals surface area contributed by atoms with E-state index in [1.165, 1.54) is 96.3 Å². The number of carbonyl (C=O) groups is 1. The first-order chi connectivity index (χ1) is 22.7. The van der Waals surface area contributed by atoms with Gasteiger partial charge in [0.2, 0.25) is 0 Å². The third-order valence-corrected chi connectivity index (χ3v) is 8.08. The Bertz CT molecular complexity index is 764. The molecule has 0 saturated heterocycles. The number of allylic oxidation sites excluding steroid dienone is 10. The van der Waals surface area contributed by atoms with Crippen LogP contribution in [0.1, 0.15) is 174 Å². The Morgan fingerprint density at radius 2 is 0.978 bits per heavy atom. The number of esters is 1. The molecule has 4 nitrogen and oxygen atoms in total. The van der Waals surface area contributed by atoms with Gasteiger partial charge >= 0.3 is 5.97 Å². The zero-order valence-electron chi connectivity index (χ0n) is 30.3. The van der Waals surface area contributed by atoms with Crippen molar-refractivity contribution < 1.29 is 19.4 Å². The number of aliphatic hydroxyl groups is 1. The van der Waals surface area contributed by atoms with E-state index in [2.05, 4.69) is 74.6 Å². The van der Waals surface area contributed by atoms with Crippen LogP contribution in [-0.4, -0.2) is 37.0 Å². The third kappa shape index (κ3) is 36.6. The molecule has 0 saturated carbocycles. The van der Waals surface area contributed by atoms with E-state index >= 15 is 0 Å². The van der Waals surface area contributed by atoms with Crippen molar-refractivity contribution >= 4 is 5.97 Å². The third-order valence-electron chi connectivity index (χ3n) is 8.08. The van der Waals surface area contributed by atoms with Gasteiger partial charge in [0.25, 0.3) is 0 Å². The van der Waals surface area contributed by atoms with Crippen LogP contribution in [0.25, 0.3) is 0 Å². The van der Waals surface area contributed by atoms with E-state index in [-0.39, 0.29) is 19.2 Å². The summed E-state index contributed by atoms with van der Waals surface area (Å²) < 4.78 is 11.1. The topological polar surface area (TPSA) is 55.8 Å². The maximum Gasteiger partial charge on any atom is 0.306 e. The molecule has 0 aliphatic carbocycles. The average Bonchev–Trinajstić information content (AvgIpc) is 3.06. The van der Waals surface area contributed by atoms with Gasteiger partial charge in [0, 0.05) is 13.0 Å². The Morgan fingerprint density at radius 3 is 1.48 bits per heavy atom. The lowest BCUT2D eigenvalue weighted by Crippen LogP contribution is -2.27. The lowest BCUT2D eigenvalue weighted by Gasteiger charge is -2.15. The van der Waals surface area contributed by atoms with Crippen LogP contribution in [-0.2, 0) is 14.3 Å². The largest absolute Gasteiger partial charge is 0.457 e. The molecule has 0 fully saturated rings. The van der Waals surface area contributed by atoms with Gasteiger partial charge in [-0.3, -0.25) is 4.79 Å². The summed E-state index contributed by atoms with van der Waals surface area (Å²) in [5.41, 5.74) is 0. The van der Waals surface area contributed by atoms with Gasteiger partial charge in [0.15, 0.2) is 0 Å². The molecule has 0 rings (SSSR count). The molecule has 1 unspecified atom stereocenters. The number of unbranched alkanes of at least 4 members (excludes halogenated alkanes) is 17. The molecule has 0 aromatic rings. The van der Waals surface area contributed by atoms with Crippen molar-refractivity contribution in [3.05, 3.63) is 60.8 Å². The van der Waals surface area contributed by atoms with Gasteiger partial charge in [0.05, 0.1) is 13.2 Å². The highest BCUT2D eigenvalue weighted by Gasteiger charge is 2.13. The zero-order chi connectivity index (χ0) is 33.4. The molecule has 0 spiro atoms. The first-order valence-electron chi connectivity index (χ1n) is 19.4. The highest BCUT2D eigenvalue weighted by atomic mass is 16.6. The van der Waals surface area contributed by atoms with Crippen molar-refractivity contribution in [3.63, 3.8) is 0 Å². The van der Waals surface area contributed by atoms with Crippen LogP contribution in [0.4, 0.5) is 0 Å². The molecule has 0 heterocycles. The van der Waals surface area contributed by atoms with Crippen molar-refractivity contribution in [2.24, 2.45) is 0 Å². The first-order valence-corrected chi connectivity index (χ1v) is 19.4. The molecule has 4 heteroatoms. The van der Waals surface area contributed by atoms with Crippen LogP contribution in [0.2, 0.25) is 0 Å². The lowest BCUT2D eigenvalue weighted by atomic mass is 10.1. The molecule has 0 amide bonds. The van der Waals surface area contributed by atoms with Crippen LogP contribution in [0.3, 0.4) is 0 Å². The SMILES string of the molecule is CC/C=C\C/C=C\C/C=C\CCCCCCCCCCOCC(CO)OC(=O)CCCCCCC/C=C\C/C=C\CCCCCC. The molecule has 0 bridgehead atoms. The van der Waals surface area contributed by atoms with Crippen LogP contribution >= 0.6 is 0 Å². The van der Waals surface area contributed by atoms with Crippen LogP contribution in [0.5, 0.6) is 0 Å². The van der Waals surface area contributed by atoms with Gasteiger partial charge in [-0.2, -0.15) is 0 Å². The number of hydrogen-bond donors (Lipinski definition) is 1. The number of rotatable bonds is 35. The fourth-order valence-electron chi connectivity index (χ4n) is 5.19. The predicted octanol–water partition coefficient (Wildman–Crippen LogP) is 12.5. The lowest BCUT2D eigenvalue weighted by molar-refractivity contribution is -0.154. The van der Waals surface area contributed by atoms with Gasteiger partial charge in [0.1, 0.15) is 6.10 Å². The fourth-order valence-corrected chi connectivity index (χ4v) is 5.19. The molecule has 0 aromatic heterocycles. The van der Waals surface area contributed by atoms with E-state index in [0.29, 0.717) is 13.0 Å². The van der Waals surface area contributed by atoms with Gasteiger partial charge in [-0.25, -0.2) is 0 Å². The first kappa shape index (κ1) is 44.1. The number of carbonyl (C=O) groups excluding carboxylic acids is 1. The Kier molecular flexibility index (Phi) is 37.6. The minimum Gasteiger partial charge on any atom is -0.457 e. The second kappa shape index (κ2) is 39.3. The predicted molar refractivity (Wildman–Crippen MR) is 200 cm³/mol. The highest BCUT2D eigenvalue weighted by molar-refractivity contribution is 5.69. The van der Waals surface area contributed by atoms with Gasteiger partial charge in [-0.15, -0.1) is 0 Å². The summed E-state index contributed by atoms with van der Waals surface area (Å²) in [6.45, 7) is 5.18. The second-order valence-electron chi connectivity index (χ2n) is 12.6. The molecule has 0 aliphatic heterocycles. The van der Waals surface area contributed by atoms with Crippen molar-refractivity contribution in [2.75, 3.05) is 19.8 Å². The summed E-state index contributed by atoms with van der Waals surface area (Å²) >= 11 is 0. The molecular formula is C42H74O4. The molecule has 46 heavy (non-hydrogen) atoms. The minimum atomic E-state index is -0.547. The molecule has 266 valence electrons. The summed E-state index contributed by atoms with van der Waals surface area (Å²) in [6.07, 6.45) is 51.2. The molecule has 1 N–H and O–H groups in total. The van der Waals surface area contributed by atoms with E-state index < -0.39 is 6.10 Å². The molecular weight excluding hydrogens is 568 g/mol. The molecule has 0 aromatic carbocycles. The summed E-state index contributed by atoms with van der Waals surface area (Å²) in [7, 11) is 0. The van der Waals surface area contributed by atoms with E-state index in [4.69, 9.17) is 9.47 Å². The second-order valence-corrected chi connectivity index (χ2v) is 12.6. The average molecular weight is 643 g/mol. The summed E-state index contributed by atoms with van der Waals surface area (Å²) in [6, 6.07) is 0. The van der Waals surface area contributed by atoms with E-state index in [0.717, 1.165) is 57.8 Å². The van der Waals surface area contributed by atoms with Crippen LogP contribution in [0, 0.1) is 0 Å². The molecule has 0 aliphatic rings. The van der Waals surface area contributed by atoms with Crippen LogP contribution < -0.4 is 0 Å². The number of hydrogen-bond acceptors (Lipinski definition) is 4. The van der Waals surface area contributed by atoms with E-state index in [1.54, 1.807) is 0 Å². The summed E-state index contributed by atoms with van der Waals surface area (Å²) in [5, 5.41) is 9.57. The maximum atomic E-state index is 12.2. The smallest absolute Gasteiger partial charge is 0.306 e. The normalized spacial score (nSPS) is 13.0. The van der Waals surface area contributed by atoms with E-state index in [1.807, 2.05) is 0 Å². The zero-order valence-corrected chi connectivity index (χ0v) is 30.3. The highest BCUT2D eigenvalue weighted by Crippen LogP contribution is 2.12. The monoisotopic (exact) mass is 643 g/mol. The maximum absolute atomic E-state index is 12.2. The van der Waals surface area contributed by atoms with Crippen molar-refractivity contribution in [1.82, 2.24) is 0 Å². The van der Waals surface area contributed by atoms with E-state index in [9.17, 15) is 9.90 Å². The standard InChI is InChI=1S/C42H74O4/c1-3-5-7-9-11-13-15-17-19-21-22-24-26-28-30-32-34-36-38-45-40-41(39-43)46-42(44)37-35-33-31-29-27-25-23-20-18-16-14-12-10-8-6-4-2/h5,7,11,13-14,16-17,19-20,23,41,43H,3-4,6,8-10,12,15,18,21-22,24-40H2,1-2H3/b7-5-,13-11-,16-14-,19-17-,23-20-. The Balaban J connectivity index is 3.49. The van der Waals surface area contributed by atoms with Crippen LogP contribution in [0.15, 0.2) is 60.8 Å². The Hall–Kier alpha value is -1.91. The number of aliphatic hydroxyl groups excluding tert-OH is 1. The summed E-state index contributed by atoms with van der Waals surface area (Å²) in [4.78, 5) is 12.2. The van der Waals surface area contributed by atoms with Gasteiger partial charge in [-0.05, 0) is 77.0 Å². The fraction of sp³-hybridized carbons (Fsp3) is 0.738. The Morgan fingerprint density at radius 1 is 0.543 bits per heavy atom. The molecule has 1 atom stereocenters. The van der Waals surface area contributed by atoms with Crippen molar-refractivity contribution in [1.29, 1.82) is 0 Å². The van der Waals surface area contributed by atoms with Gasteiger partial charge in [-0.1, -0.05) is 152 Å². The van der Waals surface area contributed by atoms with Crippen molar-refractivity contribution in [2.45, 2.75) is 180 Å². The summed E-state index contributed by atoms with van der Waals surface area (Å²) in [5.74, 6) is -0.219. The molecule has 0 radical (unpaired) electrons. The quantitative estimate of drug-likeness (QED) is 0.0424. The minimum absolute atomic E-state index is 0.183.